The predicted octanol–water partition coefficient (Wildman–Crippen LogP) is 10.4. The van der Waals surface area contributed by atoms with Crippen molar-refractivity contribution in [3.8, 4) is 11.5 Å². The summed E-state index contributed by atoms with van der Waals surface area (Å²) in [6.07, 6.45) is 0. The molecular formula is C67H65F7NaO19S5+. The van der Waals surface area contributed by atoms with Crippen LogP contribution in [-0.2, 0) is 80.7 Å². The van der Waals surface area contributed by atoms with Crippen LogP contribution in [0.5, 0.6) is 11.5 Å². The third kappa shape index (κ3) is 30.7. The zero-order chi connectivity index (χ0) is 73.2. The van der Waals surface area contributed by atoms with Crippen molar-refractivity contribution in [1.82, 2.24) is 0 Å². The molecule has 32 heteroatoms. The summed E-state index contributed by atoms with van der Waals surface area (Å²) < 4.78 is 198. The molecule has 0 saturated heterocycles. The quantitative estimate of drug-likeness (QED) is 0.0141. The minimum atomic E-state index is -6.09. The maximum Gasteiger partial charge on any atom is 1.00 e. The summed E-state index contributed by atoms with van der Waals surface area (Å²) in [4.78, 5) is 53.4. The van der Waals surface area contributed by atoms with Gasteiger partial charge < -0.3 is 37.5 Å². The number of ether oxygens (including phenoxy) is 6. The molecule has 8 aromatic carbocycles. The molecule has 0 aliphatic heterocycles. The van der Waals surface area contributed by atoms with E-state index in [0.29, 0.717) is 11.5 Å². The van der Waals surface area contributed by atoms with Crippen molar-refractivity contribution >= 4 is 76.0 Å². The van der Waals surface area contributed by atoms with Crippen LogP contribution in [-0.4, -0.2) is 116 Å². The number of carbonyl (C=O) groups excluding carboxylic acids is 4. The molecule has 8 rings (SSSR count). The van der Waals surface area contributed by atoms with Gasteiger partial charge in [0.1, 0.15) is 22.7 Å². The number of esters is 4. The van der Waals surface area contributed by atoms with Crippen LogP contribution >= 0.6 is 0 Å². The van der Waals surface area contributed by atoms with Crippen LogP contribution < -0.4 is 39.0 Å². The zero-order valence-corrected chi connectivity index (χ0v) is 59.8. The molecule has 0 spiro atoms. The molecule has 526 valence electrons. The first-order valence-electron chi connectivity index (χ1n) is 28.3. The molecule has 8 aromatic rings. The van der Waals surface area contributed by atoms with Gasteiger partial charge in [0.15, 0.2) is 76.0 Å². The minimum Gasteiger partial charge on any atom is -0.743 e. The third-order valence-corrected chi connectivity index (χ3v) is 18.1. The molecule has 0 radical (unpaired) electrons. The molecule has 0 saturated carbocycles. The van der Waals surface area contributed by atoms with E-state index in [4.69, 9.17) is 36.5 Å². The second kappa shape index (κ2) is 38.7. The van der Waals surface area contributed by atoms with Gasteiger partial charge >= 0.3 is 79.6 Å². The largest absolute Gasteiger partial charge is 1.00 e. The van der Waals surface area contributed by atoms with Crippen molar-refractivity contribution in [1.29, 1.82) is 0 Å². The third-order valence-electron chi connectivity index (χ3n) is 11.4. The van der Waals surface area contributed by atoms with Crippen LogP contribution in [0.1, 0.15) is 62.3 Å². The van der Waals surface area contributed by atoms with Crippen LogP contribution in [0.3, 0.4) is 0 Å². The average molecular weight is 1490 g/mol. The molecule has 0 aromatic heterocycles. The van der Waals surface area contributed by atoms with E-state index in [0.717, 1.165) is 0 Å². The molecular weight excluding hydrogens is 1430 g/mol. The van der Waals surface area contributed by atoms with E-state index >= 15 is 0 Å². The Bertz CT molecular complexity index is 3820. The SMILES string of the molecule is CC(C)(C)OC(=O)COc1ccc([S+](c2ccccc2)c2ccccc2)cc1.CC(C)(C)OC(=O)COc1ccc([S+](c2ccccc2)c2ccccc2)cc1.O=C(OCC(F)(F)S(=O)(=O)O)c1ccccc1.O=C(OCC(F)(F)S(=O)(=O)[O-])c1ccccc1.O=S(=O)([O-])C(F)(F)F.[Na+]. The van der Waals surface area contributed by atoms with E-state index in [-0.39, 0.29) is 87.6 Å². The van der Waals surface area contributed by atoms with Gasteiger partial charge in [0.2, 0.25) is 0 Å². The topological polar surface area (TPSA) is 292 Å². The Hall–Kier alpha value is -7.82. The van der Waals surface area contributed by atoms with Crippen LogP contribution in [0.15, 0.2) is 260 Å². The summed E-state index contributed by atoms with van der Waals surface area (Å²) in [6, 6.07) is 72.1. The Balaban J connectivity index is 0.000000337. The zero-order valence-electron chi connectivity index (χ0n) is 53.8. The molecule has 0 unspecified atom stereocenters. The normalized spacial score (nSPS) is 11.7. The van der Waals surface area contributed by atoms with Gasteiger partial charge in [-0.1, -0.05) is 109 Å². The van der Waals surface area contributed by atoms with Crippen LogP contribution in [0.4, 0.5) is 30.7 Å². The van der Waals surface area contributed by atoms with Gasteiger partial charge in [-0.2, -0.15) is 39.2 Å². The number of benzene rings is 8. The predicted molar refractivity (Wildman–Crippen MR) is 346 cm³/mol. The monoisotopic (exact) mass is 1490 g/mol. The molecule has 19 nitrogen and oxygen atoms in total. The summed E-state index contributed by atoms with van der Waals surface area (Å²) in [5.41, 5.74) is -6.69. The Labute approximate surface area is 596 Å². The van der Waals surface area contributed by atoms with Crippen LogP contribution in [0, 0.1) is 0 Å². The van der Waals surface area contributed by atoms with E-state index in [9.17, 15) is 71.3 Å². The molecule has 0 aliphatic rings. The van der Waals surface area contributed by atoms with Gasteiger partial charge in [0.05, 0.1) is 32.9 Å². The number of hydrogen-bond acceptors (Lipinski definition) is 18. The number of carbonyl (C=O) groups is 4. The molecule has 0 aliphatic carbocycles. The maximum atomic E-state index is 12.7. The fourth-order valence-corrected chi connectivity index (χ4v) is 11.8. The van der Waals surface area contributed by atoms with Gasteiger partial charge in [-0.25, -0.2) is 36.0 Å². The van der Waals surface area contributed by atoms with E-state index < -0.39 is 82.7 Å². The van der Waals surface area contributed by atoms with Gasteiger partial charge in [0, 0.05) is 0 Å². The van der Waals surface area contributed by atoms with Crippen LogP contribution in [0.25, 0.3) is 0 Å². The fraction of sp³-hybridized carbons (Fsp3) is 0.224. The van der Waals surface area contributed by atoms with Gasteiger partial charge in [-0.05, 0) is 163 Å². The first-order valence-corrected chi connectivity index (χ1v) is 35.0. The Kier molecular flexibility index (Phi) is 33.4. The summed E-state index contributed by atoms with van der Waals surface area (Å²) in [5, 5.41) is -9.14. The summed E-state index contributed by atoms with van der Waals surface area (Å²) in [7, 11) is -17.9. The first kappa shape index (κ1) is 85.4. The molecule has 1 N–H and O–H groups in total. The van der Waals surface area contributed by atoms with E-state index in [2.05, 4.69) is 131 Å². The smallest absolute Gasteiger partial charge is 0.743 e. The van der Waals surface area contributed by atoms with Crippen molar-refractivity contribution < 1.29 is 147 Å². The Morgan fingerprint density at radius 1 is 0.384 bits per heavy atom. The van der Waals surface area contributed by atoms with E-state index in [1.54, 1.807) is 12.1 Å². The van der Waals surface area contributed by atoms with Gasteiger partial charge in [-0.3, -0.25) is 4.55 Å². The molecule has 99 heavy (non-hydrogen) atoms. The number of alkyl halides is 7. The molecule has 0 amide bonds. The maximum absolute atomic E-state index is 12.7. The second-order valence-corrected chi connectivity index (χ2v) is 30.0. The summed E-state index contributed by atoms with van der Waals surface area (Å²) >= 11 is 0. The first-order chi connectivity index (χ1) is 45.6. The van der Waals surface area contributed by atoms with Crippen molar-refractivity contribution in [3.63, 3.8) is 0 Å². The standard InChI is InChI=1S/2C24H25O3S.2C9H8F2O5S.CHF3O3S.Na/c2*1-24(2,3)27-23(25)18-26-19-14-16-22(17-15-19)28(20-10-6-4-7-11-20)21-12-8-5-9-13-21;2*10-9(11,17(13,14)15)6-16-8(12)7-4-2-1-3-5-7;2-1(3,4)8(5,6)7;/h2*4-17H,18H2,1-3H3;2*1-5H,6H2,(H,13,14,15);(H,5,6,7);/q2*+1;;;;+1/p-2. The van der Waals surface area contributed by atoms with Crippen molar-refractivity contribution in [2.45, 2.75) is 98.1 Å². The molecule has 0 bridgehead atoms. The van der Waals surface area contributed by atoms with E-state index in [1.807, 2.05) is 90.1 Å². The van der Waals surface area contributed by atoms with Gasteiger partial charge in [0.25, 0.3) is 0 Å². The molecule has 0 atom stereocenters. The van der Waals surface area contributed by atoms with Crippen molar-refractivity contribution in [3.05, 3.63) is 242 Å². The van der Waals surface area contributed by atoms with Crippen LogP contribution in [0.2, 0.25) is 0 Å². The fourth-order valence-electron chi connectivity index (χ4n) is 7.17. The summed E-state index contributed by atoms with van der Waals surface area (Å²) in [6.45, 7) is 7.32. The Morgan fingerprint density at radius 3 is 0.838 bits per heavy atom. The van der Waals surface area contributed by atoms with Gasteiger partial charge in [-0.15, -0.1) is 0 Å². The van der Waals surface area contributed by atoms with Crippen molar-refractivity contribution in [2.24, 2.45) is 0 Å². The Morgan fingerprint density at radius 2 is 0.616 bits per heavy atom. The summed E-state index contributed by atoms with van der Waals surface area (Å²) in [5.74, 6) is -1.67. The number of hydrogen-bond donors (Lipinski definition) is 1. The molecule has 0 fully saturated rings. The average Bonchev–Trinajstić information content (AvgIpc) is 0.819. The van der Waals surface area contributed by atoms with Crippen molar-refractivity contribution in [2.75, 3.05) is 26.4 Å². The van der Waals surface area contributed by atoms with E-state index in [1.165, 1.54) is 77.9 Å². The second-order valence-electron chi connectivity index (χ2n) is 21.5. The number of rotatable bonds is 20. The number of halogens is 7. The minimum absolute atomic E-state index is 0. The molecule has 0 heterocycles.